The highest BCUT2D eigenvalue weighted by molar-refractivity contribution is 6.31. The molecule has 0 N–H and O–H groups in total. The lowest BCUT2D eigenvalue weighted by atomic mass is 9.99. The minimum absolute atomic E-state index is 0.0550. The third-order valence-corrected chi connectivity index (χ3v) is 2.99. The molecule has 0 unspecified atom stereocenters. The summed E-state index contributed by atoms with van der Waals surface area (Å²) in [5.74, 6) is -0.385. The molecule has 0 bridgehead atoms. The first-order valence-electron chi connectivity index (χ1n) is 5.60. The van der Waals surface area contributed by atoms with Crippen molar-refractivity contribution in [1.29, 1.82) is 0 Å². The number of halogens is 2. The summed E-state index contributed by atoms with van der Waals surface area (Å²) in [5.41, 5.74) is 2.13. The molecular weight excluding hydrogens is 251 g/mol. The van der Waals surface area contributed by atoms with Crippen LogP contribution in [0.5, 0.6) is 0 Å². The summed E-state index contributed by atoms with van der Waals surface area (Å²) in [6.45, 7) is 1.86. The Morgan fingerprint density at radius 2 is 2.00 bits per heavy atom. The Labute approximate surface area is 110 Å². The zero-order chi connectivity index (χ0) is 13.1. The molecule has 0 amide bonds. The van der Waals surface area contributed by atoms with E-state index in [9.17, 15) is 9.18 Å². The number of hydrogen-bond acceptors (Lipinski definition) is 1. The molecule has 2 rings (SSSR count). The van der Waals surface area contributed by atoms with Crippen LogP contribution in [0.2, 0.25) is 5.02 Å². The Morgan fingerprint density at radius 1 is 1.22 bits per heavy atom. The summed E-state index contributed by atoms with van der Waals surface area (Å²) < 4.78 is 13.0. The molecular formula is C15H12ClFO. The molecule has 0 saturated carbocycles. The first kappa shape index (κ1) is 12.8. The average Bonchev–Trinajstić information content (AvgIpc) is 2.32. The molecule has 0 aliphatic rings. The minimum Gasteiger partial charge on any atom is -0.294 e. The van der Waals surface area contributed by atoms with E-state index in [1.54, 1.807) is 30.3 Å². The van der Waals surface area contributed by atoms with Crippen LogP contribution < -0.4 is 0 Å². The highest BCUT2D eigenvalue weighted by Crippen LogP contribution is 2.17. The van der Waals surface area contributed by atoms with Crippen molar-refractivity contribution in [1.82, 2.24) is 0 Å². The summed E-state index contributed by atoms with van der Waals surface area (Å²) in [4.78, 5) is 12.1. The van der Waals surface area contributed by atoms with Gasteiger partial charge in [0.25, 0.3) is 0 Å². The molecule has 18 heavy (non-hydrogen) atoms. The predicted molar refractivity (Wildman–Crippen MR) is 70.6 cm³/mol. The third-order valence-electron chi connectivity index (χ3n) is 2.75. The average molecular weight is 263 g/mol. The maximum absolute atomic E-state index is 13.0. The molecule has 0 spiro atoms. The summed E-state index contributed by atoms with van der Waals surface area (Å²) in [6.07, 6.45) is 0.180. The van der Waals surface area contributed by atoms with Crippen molar-refractivity contribution in [3.8, 4) is 0 Å². The van der Waals surface area contributed by atoms with Crippen LogP contribution >= 0.6 is 11.6 Å². The lowest BCUT2D eigenvalue weighted by Crippen LogP contribution is -2.05. The molecule has 2 aromatic rings. The number of rotatable bonds is 3. The van der Waals surface area contributed by atoms with Crippen molar-refractivity contribution in [2.75, 3.05) is 0 Å². The number of hydrogen-bond donors (Lipinski definition) is 0. The zero-order valence-corrected chi connectivity index (χ0v) is 10.7. The number of benzene rings is 2. The van der Waals surface area contributed by atoms with Gasteiger partial charge in [0.1, 0.15) is 5.82 Å². The minimum atomic E-state index is -0.330. The van der Waals surface area contributed by atoms with E-state index in [2.05, 4.69) is 0 Å². The monoisotopic (exact) mass is 262 g/mol. The standard InChI is InChI=1S/C15H12ClFO/c1-10-5-6-12(16)9-14(10)15(18)8-11-3-2-4-13(17)7-11/h2-7,9H,8H2,1H3. The van der Waals surface area contributed by atoms with Crippen molar-refractivity contribution in [2.45, 2.75) is 13.3 Å². The van der Waals surface area contributed by atoms with E-state index in [0.29, 0.717) is 16.1 Å². The van der Waals surface area contributed by atoms with Crippen LogP contribution in [-0.2, 0) is 6.42 Å². The van der Waals surface area contributed by atoms with Gasteiger partial charge in [-0.05, 0) is 42.3 Å². The normalized spacial score (nSPS) is 10.4. The van der Waals surface area contributed by atoms with E-state index in [4.69, 9.17) is 11.6 Å². The topological polar surface area (TPSA) is 17.1 Å². The van der Waals surface area contributed by atoms with Gasteiger partial charge in [-0.3, -0.25) is 4.79 Å². The molecule has 0 radical (unpaired) electrons. The SMILES string of the molecule is Cc1ccc(Cl)cc1C(=O)Cc1cccc(F)c1. The molecule has 0 heterocycles. The fourth-order valence-electron chi connectivity index (χ4n) is 1.82. The second kappa shape index (κ2) is 5.32. The van der Waals surface area contributed by atoms with E-state index in [1.807, 2.05) is 6.92 Å². The predicted octanol–water partition coefficient (Wildman–Crippen LogP) is 4.21. The fourth-order valence-corrected chi connectivity index (χ4v) is 1.99. The molecule has 92 valence electrons. The molecule has 0 atom stereocenters. The Balaban J connectivity index is 2.24. The maximum atomic E-state index is 13.0. The van der Waals surface area contributed by atoms with Crippen LogP contribution in [0.25, 0.3) is 0 Å². The number of carbonyl (C=O) groups is 1. The summed E-state index contributed by atoms with van der Waals surface area (Å²) in [6, 6.07) is 11.3. The van der Waals surface area contributed by atoms with Crippen LogP contribution in [0.3, 0.4) is 0 Å². The van der Waals surface area contributed by atoms with Crippen LogP contribution in [0, 0.1) is 12.7 Å². The molecule has 0 fully saturated rings. The number of aryl methyl sites for hydroxylation is 1. The van der Waals surface area contributed by atoms with Gasteiger partial charge in [-0.25, -0.2) is 4.39 Å². The molecule has 0 saturated heterocycles. The fraction of sp³-hybridized carbons (Fsp3) is 0.133. The van der Waals surface area contributed by atoms with Gasteiger partial charge in [0.05, 0.1) is 0 Å². The number of ketones is 1. The number of carbonyl (C=O) groups excluding carboxylic acids is 1. The van der Waals surface area contributed by atoms with Crippen LogP contribution in [-0.4, -0.2) is 5.78 Å². The molecule has 2 aromatic carbocycles. The molecule has 0 aliphatic heterocycles. The van der Waals surface area contributed by atoms with Gasteiger partial charge in [0.15, 0.2) is 5.78 Å². The second-order valence-electron chi connectivity index (χ2n) is 4.19. The van der Waals surface area contributed by atoms with Gasteiger partial charge in [-0.2, -0.15) is 0 Å². The Kier molecular flexibility index (Phi) is 3.78. The van der Waals surface area contributed by atoms with Gasteiger partial charge in [0.2, 0.25) is 0 Å². The van der Waals surface area contributed by atoms with Crippen molar-refractivity contribution >= 4 is 17.4 Å². The van der Waals surface area contributed by atoms with Crippen LogP contribution in [0.1, 0.15) is 21.5 Å². The van der Waals surface area contributed by atoms with Crippen molar-refractivity contribution in [2.24, 2.45) is 0 Å². The van der Waals surface area contributed by atoms with E-state index >= 15 is 0 Å². The lowest BCUT2D eigenvalue weighted by molar-refractivity contribution is 0.0992. The van der Waals surface area contributed by atoms with E-state index < -0.39 is 0 Å². The zero-order valence-electron chi connectivity index (χ0n) is 9.91. The van der Waals surface area contributed by atoms with E-state index in [0.717, 1.165) is 5.56 Å². The Hall–Kier alpha value is -1.67. The molecule has 3 heteroatoms. The van der Waals surface area contributed by atoms with Gasteiger partial charge in [0, 0.05) is 17.0 Å². The highest BCUT2D eigenvalue weighted by Gasteiger charge is 2.10. The summed E-state index contributed by atoms with van der Waals surface area (Å²) in [5, 5.41) is 0.531. The lowest BCUT2D eigenvalue weighted by Gasteiger charge is -2.06. The molecule has 1 nitrogen and oxygen atoms in total. The first-order valence-corrected chi connectivity index (χ1v) is 5.98. The largest absolute Gasteiger partial charge is 0.294 e. The van der Waals surface area contributed by atoms with Crippen molar-refractivity contribution in [3.63, 3.8) is 0 Å². The quantitative estimate of drug-likeness (QED) is 0.757. The third kappa shape index (κ3) is 2.96. The smallest absolute Gasteiger partial charge is 0.167 e. The summed E-state index contributed by atoms with van der Waals surface area (Å²) in [7, 11) is 0. The van der Waals surface area contributed by atoms with Gasteiger partial charge in [-0.1, -0.05) is 29.8 Å². The first-order chi connectivity index (χ1) is 8.56. The van der Waals surface area contributed by atoms with Crippen molar-refractivity contribution < 1.29 is 9.18 Å². The van der Waals surface area contributed by atoms with Crippen molar-refractivity contribution in [3.05, 3.63) is 70.0 Å². The van der Waals surface area contributed by atoms with Gasteiger partial charge < -0.3 is 0 Å². The maximum Gasteiger partial charge on any atom is 0.167 e. The van der Waals surface area contributed by atoms with Crippen LogP contribution in [0.15, 0.2) is 42.5 Å². The van der Waals surface area contributed by atoms with E-state index in [-0.39, 0.29) is 18.0 Å². The Morgan fingerprint density at radius 3 is 2.72 bits per heavy atom. The Bertz CT molecular complexity index is 593. The van der Waals surface area contributed by atoms with Crippen LogP contribution in [0.4, 0.5) is 4.39 Å². The summed E-state index contributed by atoms with van der Waals surface area (Å²) >= 11 is 5.88. The number of Topliss-reactive ketones (excluding diaryl/α,β-unsaturated/α-hetero) is 1. The van der Waals surface area contributed by atoms with Gasteiger partial charge in [-0.15, -0.1) is 0 Å². The molecule has 0 aliphatic carbocycles. The van der Waals surface area contributed by atoms with E-state index in [1.165, 1.54) is 12.1 Å². The van der Waals surface area contributed by atoms with Gasteiger partial charge >= 0.3 is 0 Å². The highest BCUT2D eigenvalue weighted by atomic mass is 35.5. The molecule has 0 aromatic heterocycles. The second-order valence-corrected chi connectivity index (χ2v) is 4.63.